The highest BCUT2D eigenvalue weighted by molar-refractivity contribution is 4.95. The first-order valence-corrected chi connectivity index (χ1v) is 4.44. The second-order valence-corrected chi connectivity index (χ2v) is 3.69. The quantitative estimate of drug-likeness (QED) is 0.705. The molecule has 84 valence electrons. The molecule has 1 aliphatic carbocycles. The van der Waals surface area contributed by atoms with Crippen molar-refractivity contribution in [2.75, 3.05) is 19.8 Å². The summed E-state index contributed by atoms with van der Waals surface area (Å²) in [6.45, 7) is -1.73. The van der Waals surface area contributed by atoms with Crippen LogP contribution in [0.25, 0.3) is 0 Å². The fraction of sp³-hybridized carbons (Fsp3) is 1.00. The zero-order valence-corrected chi connectivity index (χ0v) is 7.68. The Hall–Kier alpha value is -0.330. The van der Waals surface area contributed by atoms with Crippen LogP contribution in [-0.2, 0) is 4.74 Å². The van der Waals surface area contributed by atoms with Crippen molar-refractivity contribution in [3.63, 3.8) is 0 Å². The van der Waals surface area contributed by atoms with Gasteiger partial charge in [-0.25, -0.2) is 0 Å². The molecule has 1 aliphatic rings. The predicted molar refractivity (Wildman–Crippen MR) is 43.6 cm³/mol. The van der Waals surface area contributed by atoms with Crippen LogP contribution in [0, 0.1) is 5.92 Å². The molecule has 0 amide bonds. The van der Waals surface area contributed by atoms with Crippen LogP contribution in [0.2, 0.25) is 0 Å². The van der Waals surface area contributed by atoms with Crippen molar-refractivity contribution in [2.24, 2.45) is 11.7 Å². The number of nitrogens with two attached hydrogens (primary N) is 1. The van der Waals surface area contributed by atoms with Crippen LogP contribution in [-0.4, -0.2) is 36.6 Å². The first kappa shape index (κ1) is 11.7. The second-order valence-electron chi connectivity index (χ2n) is 3.69. The summed E-state index contributed by atoms with van der Waals surface area (Å²) in [6.07, 6.45) is -2.73. The third-order valence-electron chi connectivity index (χ3n) is 2.31. The largest absolute Gasteiger partial charge is 0.411 e. The van der Waals surface area contributed by atoms with Gasteiger partial charge in [-0.2, -0.15) is 13.2 Å². The van der Waals surface area contributed by atoms with E-state index in [2.05, 4.69) is 4.74 Å². The third-order valence-corrected chi connectivity index (χ3v) is 2.31. The molecule has 0 bridgehead atoms. The van der Waals surface area contributed by atoms with Crippen LogP contribution >= 0.6 is 0 Å². The van der Waals surface area contributed by atoms with E-state index < -0.39 is 18.4 Å². The summed E-state index contributed by atoms with van der Waals surface area (Å²) in [5, 5.41) is 9.74. The van der Waals surface area contributed by atoms with Gasteiger partial charge in [0, 0.05) is 6.54 Å². The molecule has 1 fully saturated rings. The van der Waals surface area contributed by atoms with Gasteiger partial charge in [-0.1, -0.05) is 0 Å². The van der Waals surface area contributed by atoms with Crippen molar-refractivity contribution >= 4 is 0 Å². The van der Waals surface area contributed by atoms with Crippen LogP contribution in [0.5, 0.6) is 0 Å². The van der Waals surface area contributed by atoms with E-state index in [1.807, 2.05) is 0 Å². The zero-order valence-electron chi connectivity index (χ0n) is 7.68. The van der Waals surface area contributed by atoms with Crippen molar-refractivity contribution in [3.8, 4) is 0 Å². The zero-order chi connectivity index (χ0) is 10.8. The first-order valence-electron chi connectivity index (χ1n) is 4.44. The number of hydrogen-bond acceptors (Lipinski definition) is 3. The van der Waals surface area contributed by atoms with E-state index in [-0.39, 0.29) is 19.1 Å². The lowest BCUT2D eigenvalue weighted by atomic mass is 9.99. The lowest BCUT2D eigenvalue weighted by Gasteiger charge is -2.26. The summed E-state index contributed by atoms with van der Waals surface area (Å²) >= 11 is 0. The molecule has 0 aromatic carbocycles. The lowest BCUT2D eigenvalue weighted by Crippen LogP contribution is -2.45. The molecule has 0 radical (unpaired) electrons. The molecule has 6 heteroatoms. The summed E-state index contributed by atoms with van der Waals surface area (Å²) in [4.78, 5) is 0. The number of hydrogen-bond donors (Lipinski definition) is 2. The van der Waals surface area contributed by atoms with Crippen LogP contribution in [0.1, 0.15) is 12.8 Å². The number of alkyl halides is 3. The van der Waals surface area contributed by atoms with E-state index in [0.29, 0.717) is 0 Å². The van der Waals surface area contributed by atoms with Gasteiger partial charge in [-0.05, 0) is 18.8 Å². The highest BCUT2D eigenvalue weighted by atomic mass is 19.4. The van der Waals surface area contributed by atoms with Gasteiger partial charge in [0.2, 0.25) is 0 Å². The fourth-order valence-electron chi connectivity index (χ4n) is 1.31. The maximum Gasteiger partial charge on any atom is 0.411 e. The summed E-state index contributed by atoms with van der Waals surface area (Å²) in [6, 6.07) is 0. The molecule has 1 saturated carbocycles. The Balaban J connectivity index is 2.27. The number of rotatable bonds is 5. The Morgan fingerprint density at radius 1 is 1.29 bits per heavy atom. The molecule has 3 nitrogen and oxygen atoms in total. The Morgan fingerprint density at radius 2 is 1.86 bits per heavy atom. The average molecular weight is 213 g/mol. The van der Waals surface area contributed by atoms with Gasteiger partial charge >= 0.3 is 6.18 Å². The Kier molecular flexibility index (Phi) is 3.39. The fourth-order valence-corrected chi connectivity index (χ4v) is 1.31. The molecule has 0 spiro atoms. The molecule has 1 rings (SSSR count). The summed E-state index contributed by atoms with van der Waals surface area (Å²) in [5.41, 5.74) is 4.01. The maximum atomic E-state index is 11.7. The minimum atomic E-state index is -4.35. The van der Waals surface area contributed by atoms with E-state index in [0.717, 1.165) is 12.8 Å². The first-order chi connectivity index (χ1) is 6.37. The van der Waals surface area contributed by atoms with Gasteiger partial charge in [0.1, 0.15) is 12.2 Å². The monoisotopic (exact) mass is 213 g/mol. The van der Waals surface area contributed by atoms with Crippen LogP contribution < -0.4 is 5.73 Å². The van der Waals surface area contributed by atoms with Crippen LogP contribution in [0.3, 0.4) is 0 Å². The van der Waals surface area contributed by atoms with Crippen LogP contribution in [0.15, 0.2) is 0 Å². The SMILES string of the molecule is NCC(O)(COCC(F)(F)F)C1CC1. The van der Waals surface area contributed by atoms with E-state index in [1.165, 1.54) is 0 Å². The highest BCUT2D eigenvalue weighted by Gasteiger charge is 2.43. The standard InChI is InChI=1S/C8H14F3NO2/c9-8(10,11)5-14-4-7(13,3-12)6-1-2-6/h6,13H,1-5,12H2. The number of aliphatic hydroxyl groups is 1. The maximum absolute atomic E-state index is 11.7. The minimum absolute atomic E-state index is 0.000679. The molecular weight excluding hydrogens is 199 g/mol. The molecule has 0 aromatic rings. The summed E-state index contributed by atoms with van der Waals surface area (Å²) in [7, 11) is 0. The van der Waals surface area contributed by atoms with Gasteiger partial charge in [0.15, 0.2) is 0 Å². The van der Waals surface area contributed by atoms with Crippen molar-refractivity contribution in [1.82, 2.24) is 0 Å². The average Bonchev–Trinajstić information content (AvgIpc) is 2.83. The van der Waals surface area contributed by atoms with Crippen molar-refractivity contribution in [1.29, 1.82) is 0 Å². The van der Waals surface area contributed by atoms with Gasteiger partial charge < -0.3 is 15.6 Å². The van der Waals surface area contributed by atoms with Gasteiger partial charge in [0.25, 0.3) is 0 Å². The molecule has 0 aliphatic heterocycles. The van der Waals surface area contributed by atoms with E-state index in [1.54, 1.807) is 0 Å². The highest BCUT2D eigenvalue weighted by Crippen LogP contribution is 2.39. The van der Waals surface area contributed by atoms with Crippen LogP contribution in [0.4, 0.5) is 13.2 Å². The van der Waals surface area contributed by atoms with E-state index >= 15 is 0 Å². The Labute approximate surface area is 80.0 Å². The predicted octanol–water partition coefficient (Wildman–Crippen LogP) is 0.665. The van der Waals surface area contributed by atoms with E-state index in [9.17, 15) is 18.3 Å². The van der Waals surface area contributed by atoms with Crippen molar-refractivity contribution < 1.29 is 23.0 Å². The molecule has 1 unspecified atom stereocenters. The summed E-state index contributed by atoms with van der Waals surface area (Å²) in [5.74, 6) is 0.000679. The lowest BCUT2D eigenvalue weighted by molar-refractivity contribution is -0.187. The summed E-state index contributed by atoms with van der Waals surface area (Å²) < 4.78 is 39.5. The molecule has 0 saturated heterocycles. The molecular formula is C8H14F3NO2. The van der Waals surface area contributed by atoms with Gasteiger partial charge in [-0.3, -0.25) is 0 Å². The van der Waals surface area contributed by atoms with Gasteiger partial charge in [0.05, 0.1) is 6.61 Å². The topological polar surface area (TPSA) is 55.5 Å². The third kappa shape index (κ3) is 3.43. The molecule has 1 atom stereocenters. The minimum Gasteiger partial charge on any atom is -0.386 e. The molecule has 0 aromatic heterocycles. The Bertz CT molecular complexity index is 194. The molecule has 0 heterocycles. The molecule has 14 heavy (non-hydrogen) atoms. The normalized spacial score (nSPS) is 22.1. The molecule has 3 N–H and O–H groups in total. The van der Waals surface area contributed by atoms with E-state index in [4.69, 9.17) is 5.73 Å². The second kappa shape index (κ2) is 4.04. The smallest absolute Gasteiger partial charge is 0.386 e. The Morgan fingerprint density at radius 3 is 2.21 bits per heavy atom. The number of ether oxygens (including phenoxy) is 1. The van der Waals surface area contributed by atoms with Crippen molar-refractivity contribution in [3.05, 3.63) is 0 Å². The van der Waals surface area contributed by atoms with Gasteiger partial charge in [-0.15, -0.1) is 0 Å². The number of halogens is 3. The van der Waals surface area contributed by atoms with Crippen molar-refractivity contribution in [2.45, 2.75) is 24.6 Å².